The molecule has 140 valence electrons. The molecule has 1 aromatic heterocycles. The summed E-state index contributed by atoms with van der Waals surface area (Å²) >= 11 is 0. The summed E-state index contributed by atoms with van der Waals surface area (Å²) < 4.78 is 11.1. The summed E-state index contributed by atoms with van der Waals surface area (Å²) in [5.41, 5.74) is 0.734. The van der Waals surface area contributed by atoms with E-state index in [2.05, 4.69) is 26.8 Å². The Kier molecular flexibility index (Phi) is 5.47. The summed E-state index contributed by atoms with van der Waals surface area (Å²) in [5.74, 6) is 2.83. The molecule has 1 aromatic rings. The zero-order chi connectivity index (χ0) is 18.7. The van der Waals surface area contributed by atoms with Crippen LogP contribution in [-0.2, 0) is 14.3 Å². The molecule has 2 fully saturated rings. The van der Waals surface area contributed by atoms with Crippen LogP contribution in [0.3, 0.4) is 0 Å². The van der Waals surface area contributed by atoms with E-state index in [0.29, 0.717) is 18.8 Å². The van der Waals surface area contributed by atoms with Crippen LogP contribution in [0.25, 0.3) is 0 Å². The summed E-state index contributed by atoms with van der Waals surface area (Å²) in [6.07, 6.45) is 6.41. The monoisotopic (exact) mass is 360 g/mol. The third-order valence-corrected chi connectivity index (χ3v) is 4.75. The maximum atomic E-state index is 12.0. The van der Waals surface area contributed by atoms with Gasteiger partial charge in [0.15, 0.2) is 5.82 Å². The van der Waals surface area contributed by atoms with E-state index in [1.165, 1.54) is 0 Å². The van der Waals surface area contributed by atoms with E-state index < -0.39 is 6.09 Å². The van der Waals surface area contributed by atoms with E-state index in [1.54, 1.807) is 6.07 Å². The van der Waals surface area contributed by atoms with Crippen LogP contribution < -0.4 is 10.6 Å². The van der Waals surface area contributed by atoms with Gasteiger partial charge in [-0.3, -0.25) is 9.89 Å². The van der Waals surface area contributed by atoms with Gasteiger partial charge in [-0.25, -0.2) is 4.79 Å². The Bertz CT molecular complexity index is 710. The Morgan fingerprint density at radius 1 is 1.54 bits per heavy atom. The van der Waals surface area contributed by atoms with Crippen molar-refractivity contribution in [3.05, 3.63) is 11.8 Å². The average molecular weight is 360 g/mol. The Morgan fingerprint density at radius 2 is 2.35 bits per heavy atom. The largest absolute Gasteiger partial charge is 0.444 e. The van der Waals surface area contributed by atoms with Crippen molar-refractivity contribution in [3.63, 3.8) is 0 Å². The standard InChI is InChI=1S/C18H24N4O4/c1-4-10(3)19-18(24)26-12-7-15(25-9-12)14-8-16(22-21-14)20-17(23)13-6-11(13)5-2/h2,8,10-13,15H,4,6-7,9H2,1,3H3,(H,19,24)(H2,20,21,22,23)/t10-,11-,12+,13-,15+/m0/s1. The second-order valence-electron chi connectivity index (χ2n) is 6.85. The molecule has 3 N–H and O–H groups in total. The van der Waals surface area contributed by atoms with E-state index in [0.717, 1.165) is 18.5 Å². The highest BCUT2D eigenvalue weighted by molar-refractivity contribution is 5.94. The summed E-state index contributed by atoms with van der Waals surface area (Å²) in [5, 5.41) is 12.5. The predicted octanol–water partition coefficient (Wildman–Crippen LogP) is 1.97. The topological polar surface area (TPSA) is 105 Å². The first-order chi connectivity index (χ1) is 12.5. The molecule has 0 aromatic carbocycles. The van der Waals surface area contributed by atoms with Gasteiger partial charge in [-0.15, -0.1) is 12.3 Å². The number of hydrogen-bond donors (Lipinski definition) is 3. The van der Waals surface area contributed by atoms with Crippen LogP contribution in [0.1, 0.15) is 44.9 Å². The lowest BCUT2D eigenvalue weighted by Gasteiger charge is -2.14. The van der Waals surface area contributed by atoms with Gasteiger partial charge in [-0.1, -0.05) is 6.92 Å². The Balaban J connectivity index is 1.47. The van der Waals surface area contributed by atoms with Gasteiger partial charge < -0.3 is 20.1 Å². The Morgan fingerprint density at radius 3 is 3.04 bits per heavy atom. The summed E-state index contributed by atoms with van der Waals surface area (Å²) in [7, 11) is 0. The van der Waals surface area contributed by atoms with Crippen LogP contribution in [0.15, 0.2) is 6.07 Å². The Hall–Kier alpha value is -2.53. The molecular weight excluding hydrogens is 336 g/mol. The predicted molar refractivity (Wildman–Crippen MR) is 94.1 cm³/mol. The summed E-state index contributed by atoms with van der Waals surface area (Å²) in [4.78, 5) is 23.8. The molecule has 3 rings (SSSR count). The van der Waals surface area contributed by atoms with Gasteiger partial charge in [-0.2, -0.15) is 5.10 Å². The molecule has 26 heavy (non-hydrogen) atoms. The quantitative estimate of drug-likeness (QED) is 0.673. The Labute approximate surface area is 152 Å². The summed E-state index contributed by atoms with van der Waals surface area (Å²) in [6.45, 7) is 4.23. The van der Waals surface area contributed by atoms with E-state index in [4.69, 9.17) is 15.9 Å². The van der Waals surface area contributed by atoms with E-state index in [-0.39, 0.29) is 36.0 Å². The van der Waals surface area contributed by atoms with Crippen molar-refractivity contribution in [2.45, 2.75) is 51.4 Å². The van der Waals surface area contributed by atoms with Gasteiger partial charge in [0.25, 0.3) is 0 Å². The molecule has 8 heteroatoms. The van der Waals surface area contributed by atoms with E-state index in [9.17, 15) is 9.59 Å². The van der Waals surface area contributed by atoms with Gasteiger partial charge >= 0.3 is 6.09 Å². The number of anilines is 1. The third-order valence-electron chi connectivity index (χ3n) is 4.75. The molecule has 0 spiro atoms. The SMILES string of the molecule is C#C[C@H]1C[C@@H]1C(=O)Nc1cc([C@H]2C[C@@H](OC(=O)N[C@@H](C)CC)CO2)[nH]n1. The molecular formula is C18H24N4O4. The minimum Gasteiger partial charge on any atom is -0.444 e. The first-order valence-corrected chi connectivity index (χ1v) is 8.91. The van der Waals surface area contributed by atoms with Crippen molar-refractivity contribution >= 4 is 17.8 Å². The molecule has 0 radical (unpaired) electrons. The van der Waals surface area contributed by atoms with Crippen LogP contribution in [0.5, 0.6) is 0 Å². The second-order valence-corrected chi connectivity index (χ2v) is 6.85. The third kappa shape index (κ3) is 4.35. The van der Waals surface area contributed by atoms with Crippen LogP contribution in [0.2, 0.25) is 0 Å². The van der Waals surface area contributed by atoms with Crippen molar-refractivity contribution in [2.24, 2.45) is 11.8 Å². The number of aromatic amines is 1. The maximum absolute atomic E-state index is 12.0. The van der Waals surface area contributed by atoms with Crippen LogP contribution in [0.4, 0.5) is 10.6 Å². The van der Waals surface area contributed by atoms with Gasteiger partial charge in [-0.05, 0) is 19.8 Å². The van der Waals surface area contributed by atoms with Crippen LogP contribution in [-0.4, -0.2) is 41.0 Å². The number of rotatable bonds is 6. The lowest BCUT2D eigenvalue weighted by atomic mass is 10.1. The van der Waals surface area contributed by atoms with Gasteiger partial charge in [0.2, 0.25) is 5.91 Å². The van der Waals surface area contributed by atoms with Crippen molar-refractivity contribution in [3.8, 4) is 12.3 Å². The number of aromatic nitrogens is 2. The number of amides is 2. The van der Waals surface area contributed by atoms with Gasteiger partial charge in [0, 0.05) is 24.4 Å². The number of hydrogen-bond acceptors (Lipinski definition) is 5. The van der Waals surface area contributed by atoms with Gasteiger partial charge in [0.1, 0.15) is 12.2 Å². The van der Waals surface area contributed by atoms with Crippen LogP contribution >= 0.6 is 0 Å². The zero-order valence-corrected chi connectivity index (χ0v) is 15.0. The number of H-pyrrole nitrogens is 1. The highest BCUT2D eigenvalue weighted by atomic mass is 16.6. The number of alkyl carbamates (subject to hydrolysis) is 1. The number of terminal acetylenes is 1. The van der Waals surface area contributed by atoms with E-state index in [1.807, 2.05) is 13.8 Å². The molecule has 1 saturated carbocycles. The first kappa shape index (κ1) is 18.3. The fraction of sp³-hybridized carbons (Fsp3) is 0.611. The fourth-order valence-corrected chi connectivity index (χ4v) is 2.84. The lowest BCUT2D eigenvalue weighted by Crippen LogP contribution is -2.35. The molecule has 0 unspecified atom stereocenters. The van der Waals surface area contributed by atoms with E-state index >= 15 is 0 Å². The highest BCUT2D eigenvalue weighted by Gasteiger charge is 2.42. The van der Waals surface area contributed by atoms with Crippen molar-refractivity contribution in [1.82, 2.24) is 15.5 Å². The average Bonchev–Trinajstić information content (AvgIpc) is 3.03. The molecule has 1 aliphatic carbocycles. The highest BCUT2D eigenvalue weighted by Crippen LogP contribution is 2.38. The summed E-state index contributed by atoms with van der Waals surface area (Å²) in [6, 6.07) is 1.80. The maximum Gasteiger partial charge on any atom is 0.407 e. The molecule has 8 nitrogen and oxygen atoms in total. The number of carbonyl (C=O) groups is 2. The number of carbonyl (C=O) groups excluding carboxylic acids is 2. The zero-order valence-electron chi connectivity index (χ0n) is 15.0. The number of nitrogens with zero attached hydrogens (tertiary/aromatic N) is 1. The molecule has 2 amide bonds. The molecule has 5 atom stereocenters. The van der Waals surface area contributed by atoms with Gasteiger partial charge in [0.05, 0.1) is 18.2 Å². The molecule has 2 aliphatic rings. The fourth-order valence-electron chi connectivity index (χ4n) is 2.84. The smallest absolute Gasteiger partial charge is 0.407 e. The number of ether oxygens (including phenoxy) is 2. The second kappa shape index (κ2) is 7.79. The minimum absolute atomic E-state index is 0.0334. The molecule has 0 bridgehead atoms. The first-order valence-electron chi connectivity index (χ1n) is 8.91. The van der Waals surface area contributed by atoms with Crippen molar-refractivity contribution < 1.29 is 19.1 Å². The van der Waals surface area contributed by atoms with Crippen LogP contribution in [0, 0.1) is 24.2 Å². The molecule has 1 saturated heterocycles. The van der Waals surface area contributed by atoms with Crippen molar-refractivity contribution in [2.75, 3.05) is 11.9 Å². The normalized spacial score (nSPS) is 28.0. The minimum atomic E-state index is -0.432. The lowest BCUT2D eigenvalue weighted by molar-refractivity contribution is -0.117. The van der Waals surface area contributed by atoms with Crippen molar-refractivity contribution in [1.29, 1.82) is 0 Å². The number of nitrogens with one attached hydrogen (secondary N) is 3. The molecule has 2 heterocycles. The molecule has 1 aliphatic heterocycles.